The Labute approximate surface area is 171 Å². The molecule has 0 aromatic heterocycles. The predicted molar refractivity (Wildman–Crippen MR) is 114 cm³/mol. The van der Waals surface area contributed by atoms with E-state index in [0.717, 1.165) is 5.75 Å². The number of anilines is 2. The summed E-state index contributed by atoms with van der Waals surface area (Å²) in [5.74, 6) is 1.59. The maximum atomic E-state index is 12.7. The highest BCUT2D eigenvalue weighted by molar-refractivity contribution is 6.01. The van der Waals surface area contributed by atoms with Gasteiger partial charge in [-0.3, -0.25) is 9.59 Å². The van der Waals surface area contributed by atoms with Gasteiger partial charge in [-0.1, -0.05) is 32.0 Å². The Bertz CT molecular complexity index is 851. The van der Waals surface area contributed by atoms with Gasteiger partial charge in [0.25, 0.3) is 5.91 Å². The number of nitrogens with one attached hydrogen (secondary N) is 1. The summed E-state index contributed by atoms with van der Waals surface area (Å²) < 4.78 is 11.5. The number of amides is 2. The zero-order chi connectivity index (χ0) is 20.8. The molecule has 1 unspecified atom stereocenters. The van der Waals surface area contributed by atoms with Crippen LogP contribution in [0.15, 0.2) is 48.5 Å². The van der Waals surface area contributed by atoms with E-state index in [4.69, 9.17) is 9.47 Å². The van der Waals surface area contributed by atoms with Crippen LogP contribution in [0.1, 0.15) is 33.6 Å². The minimum Gasteiger partial charge on any atom is -0.494 e. The molecular formula is C23H28N2O4. The number of nitrogens with zero attached hydrogens (tertiary/aromatic N) is 1. The molecule has 1 atom stereocenters. The van der Waals surface area contributed by atoms with Crippen LogP contribution in [-0.2, 0) is 9.59 Å². The first-order chi connectivity index (χ1) is 13.9. The zero-order valence-corrected chi connectivity index (χ0v) is 17.2. The van der Waals surface area contributed by atoms with Crippen molar-refractivity contribution in [1.82, 2.24) is 0 Å². The van der Waals surface area contributed by atoms with Crippen LogP contribution in [0.5, 0.6) is 11.5 Å². The van der Waals surface area contributed by atoms with E-state index in [1.807, 2.05) is 44.2 Å². The molecule has 0 aliphatic carbocycles. The summed E-state index contributed by atoms with van der Waals surface area (Å²) >= 11 is 0. The van der Waals surface area contributed by atoms with Gasteiger partial charge >= 0.3 is 0 Å². The molecule has 2 aromatic rings. The van der Waals surface area contributed by atoms with Gasteiger partial charge in [-0.15, -0.1) is 0 Å². The van der Waals surface area contributed by atoms with Crippen LogP contribution < -0.4 is 19.7 Å². The van der Waals surface area contributed by atoms with Crippen LogP contribution in [0.3, 0.4) is 0 Å². The van der Waals surface area contributed by atoms with Crippen LogP contribution >= 0.6 is 0 Å². The smallest absolute Gasteiger partial charge is 0.267 e. The predicted octanol–water partition coefficient (Wildman–Crippen LogP) is 4.25. The highest BCUT2D eigenvalue weighted by Crippen LogP contribution is 2.36. The Kier molecular flexibility index (Phi) is 6.75. The van der Waals surface area contributed by atoms with E-state index in [1.54, 1.807) is 30.0 Å². The molecule has 0 spiro atoms. The largest absolute Gasteiger partial charge is 0.494 e. The number of rotatable bonds is 8. The van der Waals surface area contributed by atoms with Gasteiger partial charge in [-0.05, 0) is 49.6 Å². The maximum Gasteiger partial charge on any atom is 0.267 e. The fraction of sp³-hybridized carbons (Fsp3) is 0.391. The molecule has 29 heavy (non-hydrogen) atoms. The standard InChI is InChI=1S/C23H28N2O4/c1-16(2)14-22(26)24-18-10-11-21-20(15-18)25(23(27)17(3)29-21)12-7-13-28-19-8-5-4-6-9-19/h4-6,8-11,15-17H,7,12-14H2,1-3H3,(H,24,26). The Balaban J connectivity index is 1.67. The number of benzene rings is 2. The molecule has 2 aromatic carbocycles. The Morgan fingerprint density at radius 2 is 1.97 bits per heavy atom. The van der Waals surface area contributed by atoms with Crippen molar-refractivity contribution in [2.24, 2.45) is 5.92 Å². The zero-order valence-electron chi connectivity index (χ0n) is 17.2. The highest BCUT2D eigenvalue weighted by Gasteiger charge is 2.31. The van der Waals surface area contributed by atoms with E-state index in [9.17, 15) is 9.59 Å². The molecule has 3 rings (SSSR count). The van der Waals surface area contributed by atoms with Crippen molar-refractivity contribution >= 4 is 23.2 Å². The summed E-state index contributed by atoms with van der Waals surface area (Å²) in [7, 11) is 0. The first-order valence-corrected chi connectivity index (χ1v) is 10.0. The van der Waals surface area contributed by atoms with E-state index >= 15 is 0 Å². The molecule has 6 nitrogen and oxygen atoms in total. The van der Waals surface area contributed by atoms with Crippen molar-refractivity contribution in [2.45, 2.75) is 39.7 Å². The van der Waals surface area contributed by atoms with E-state index in [1.165, 1.54) is 0 Å². The van der Waals surface area contributed by atoms with Crippen molar-refractivity contribution in [3.63, 3.8) is 0 Å². The number of carbonyl (C=O) groups excluding carboxylic acids is 2. The molecule has 1 aliphatic heterocycles. The fourth-order valence-corrected chi connectivity index (χ4v) is 3.23. The maximum absolute atomic E-state index is 12.7. The normalized spacial score (nSPS) is 15.7. The lowest BCUT2D eigenvalue weighted by atomic mass is 10.1. The topological polar surface area (TPSA) is 67.9 Å². The summed E-state index contributed by atoms with van der Waals surface area (Å²) in [5.41, 5.74) is 1.33. The number of ether oxygens (including phenoxy) is 2. The van der Waals surface area contributed by atoms with Crippen LogP contribution in [-0.4, -0.2) is 31.1 Å². The van der Waals surface area contributed by atoms with Crippen LogP contribution in [0.4, 0.5) is 11.4 Å². The monoisotopic (exact) mass is 396 g/mol. The summed E-state index contributed by atoms with van der Waals surface area (Å²) in [6, 6.07) is 15.0. The molecule has 1 aliphatic rings. The molecule has 0 saturated carbocycles. The average molecular weight is 396 g/mol. The van der Waals surface area contributed by atoms with Crippen molar-refractivity contribution in [1.29, 1.82) is 0 Å². The van der Waals surface area contributed by atoms with Crippen molar-refractivity contribution < 1.29 is 19.1 Å². The van der Waals surface area contributed by atoms with E-state index in [2.05, 4.69) is 5.32 Å². The van der Waals surface area contributed by atoms with Gasteiger partial charge in [0.15, 0.2) is 6.10 Å². The first-order valence-electron chi connectivity index (χ1n) is 10.0. The fourth-order valence-electron chi connectivity index (χ4n) is 3.23. The van der Waals surface area contributed by atoms with E-state index < -0.39 is 6.10 Å². The van der Waals surface area contributed by atoms with Crippen molar-refractivity contribution in [3.05, 3.63) is 48.5 Å². The molecular weight excluding hydrogens is 368 g/mol. The highest BCUT2D eigenvalue weighted by atomic mass is 16.5. The second kappa shape index (κ2) is 9.45. The van der Waals surface area contributed by atoms with Crippen LogP contribution in [0.2, 0.25) is 0 Å². The minimum atomic E-state index is -0.543. The van der Waals surface area contributed by atoms with Gasteiger partial charge < -0.3 is 19.7 Å². The minimum absolute atomic E-state index is 0.0424. The molecule has 0 bridgehead atoms. The molecule has 0 radical (unpaired) electrons. The van der Waals surface area contributed by atoms with E-state index in [-0.39, 0.29) is 17.7 Å². The Hall–Kier alpha value is -3.02. The number of hydrogen-bond donors (Lipinski definition) is 1. The summed E-state index contributed by atoms with van der Waals surface area (Å²) in [6.45, 7) is 6.76. The van der Waals surface area contributed by atoms with Crippen LogP contribution in [0.25, 0.3) is 0 Å². The van der Waals surface area contributed by atoms with Gasteiger partial charge in [-0.25, -0.2) is 0 Å². The third-order valence-corrected chi connectivity index (χ3v) is 4.58. The third-order valence-electron chi connectivity index (χ3n) is 4.58. The number of hydrogen-bond acceptors (Lipinski definition) is 4. The molecule has 6 heteroatoms. The summed E-state index contributed by atoms with van der Waals surface area (Å²) in [4.78, 5) is 26.5. The lowest BCUT2D eigenvalue weighted by molar-refractivity contribution is -0.125. The molecule has 154 valence electrons. The Morgan fingerprint density at radius 3 is 2.69 bits per heavy atom. The van der Waals surface area contributed by atoms with Gasteiger partial charge in [0, 0.05) is 18.7 Å². The van der Waals surface area contributed by atoms with Gasteiger partial charge in [0.2, 0.25) is 5.91 Å². The van der Waals surface area contributed by atoms with Crippen molar-refractivity contribution in [2.75, 3.05) is 23.4 Å². The summed E-state index contributed by atoms with van der Waals surface area (Å²) in [5, 5.41) is 2.90. The second-order valence-corrected chi connectivity index (χ2v) is 7.59. The number of para-hydroxylation sites is 1. The van der Waals surface area contributed by atoms with Gasteiger partial charge in [0.05, 0.1) is 12.3 Å². The summed E-state index contributed by atoms with van der Waals surface area (Å²) in [6.07, 6.45) is 0.583. The van der Waals surface area contributed by atoms with Gasteiger partial charge in [-0.2, -0.15) is 0 Å². The molecule has 1 N–H and O–H groups in total. The SMILES string of the molecule is CC(C)CC(=O)Nc1ccc2c(c1)N(CCCOc1ccccc1)C(=O)C(C)O2. The molecule has 0 saturated heterocycles. The number of fused-ring (bicyclic) bond motifs is 1. The number of carbonyl (C=O) groups is 2. The van der Waals surface area contributed by atoms with Gasteiger partial charge in [0.1, 0.15) is 11.5 Å². The quantitative estimate of drug-likeness (QED) is 0.677. The third kappa shape index (κ3) is 5.50. The average Bonchev–Trinajstić information content (AvgIpc) is 2.68. The Morgan fingerprint density at radius 1 is 1.21 bits per heavy atom. The molecule has 1 heterocycles. The molecule has 0 fully saturated rings. The van der Waals surface area contributed by atoms with Crippen LogP contribution in [0, 0.1) is 5.92 Å². The molecule has 2 amide bonds. The first kappa shape index (κ1) is 20.7. The lowest BCUT2D eigenvalue weighted by Gasteiger charge is -2.33. The van der Waals surface area contributed by atoms with Crippen molar-refractivity contribution in [3.8, 4) is 11.5 Å². The van der Waals surface area contributed by atoms with E-state index in [0.29, 0.717) is 43.1 Å². The lowest BCUT2D eigenvalue weighted by Crippen LogP contribution is -2.45. The second-order valence-electron chi connectivity index (χ2n) is 7.59.